The lowest BCUT2D eigenvalue weighted by Crippen LogP contribution is -2.12. The Balaban J connectivity index is 1.76. The fourth-order valence-corrected chi connectivity index (χ4v) is 3.14. The number of hydrogen-bond donors (Lipinski definition) is 1. The van der Waals surface area contributed by atoms with Gasteiger partial charge in [-0.2, -0.15) is 0 Å². The SMILES string of the molecule is CC1(C)CCc2ccc(CCc3cncc(N)c3)cc21. The van der Waals surface area contributed by atoms with E-state index in [1.54, 1.807) is 11.8 Å². The summed E-state index contributed by atoms with van der Waals surface area (Å²) in [5, 5.41) is 0. The minimum Gasteiger partial charge on any atom is -0.397 e. The molecule has 1 aromatic heterocycles. The molecule has 0 saturated heterocycles. The first-order chi connectivity index (χ1) is 9.54. The molecule has 1 aliphatic rings. The van der Waals surface area contributed by atoms with Gasteiger partial charge in [0.25, 0.3) is 0 Å². The standard InChI is InChI=1S/C18H22N2/c1-18(2)8-7-15-6-5-13(10-17(15)18)3-4-14-9-16(19)12-20-11-14/h5-6,9-12H,3-4,7-8,19H2,1-2H3. The molecule has 2 heteroatoms. The highest BCUT2D eigenvalue weighted by Gasteiger charge is 2.29. The third-order valence-electron chi connectivity index (χ3n) is 4.44. The Kier molecular flexibility index (Phi) is 3.25. The van der Waals surface area contributed by atoms with Crippen LogP contribution in [0.4, 0.5) is 5.69 Å². The number of anilines is 1. The van der Waals surface area contributed by atoms with E-state index in [-0.39, 0.29) is 0 Å². The molecule has 3 rings (SSSR count). The molecule has 0 bridgehead atoms. The fraction of sp³-hybridized carbons (Fsp3) is 0.389. The number of benzene rings is 1. The van der Waals surface area contributed by atoms with Crippen molar-refractivity contribution in [1.82, 2.24) is 4.98 Å². The number of rotatable bonds is 3. The predicted octanol–water partition coefficient (Wildman–Crippen LogP) is 3.67. The first-order valence-electron chi connectivity index (χ1n) is 7.36. The Labute approximate surface area is 121 Å². The quantitative estimate of drug-likeness (QED) is 0.920. The lowest BCUT2D eigenvalue weighted by molar-refractivity contribution is 0.522. The van der Waals surface area contributed by atoms with Crippen LogP contribution in [0.25, 0.3) is 0 Å². The van der Waals surface area contributed by atoms with Crippen LogP contribution in [0.15, 0.2) is 36.7 Å². The molecular weight excluding hydrogens is 244 g/mol. The average Bonchev–Trinajstić information content (AvgIpc) is 2.72. The summed E-state index contributed by atoms with van der Waals surface area (Å²) in [6.45, 7) is 4.70. The minimum atomic E-state index is 0.337. The molecule has 2 aromatic rings. The third kappa shape index (κ3) is 2.55. The maximum absolute atomic E-state index is 5.77. The predicted molar refractivity (Wildman–Crippen MR) is 83.8 cm³/mol. The molecule has 2 N–H and O–H groups in total. The van der Waals surface area contributed by atoms with Crippen LogP contribution in [-0.2, 0) is 24.7 Å². The van der Waals surface area contributed by atoms with Gasteiger partial charge in [0, 0.05) is 12.4 Å². The van der Waals surface area contributed by atoms with Crippen LogP contribution in [0.2, 0.25) is 0 Å². The van der Waals surface area contributed by atoms with Crippen LogP contribution >= 0.6 is 0 Å². The molecule has 1 aliphatic carbocycles. The van der Waals surface area contributed by atoms with E-state index >= 15 is 0 Å². The smallest absolute Gasteiger partial charge is 0.0503 e. The van der Waals surface area contributed by atoms with Gasteiger partial charge in [-0.15, -0.1) is 0 Å². The number of nitrogens with zero attached hydrogens (tertiary/aromatic N) is 1. The fourth-order valence-electron chi connectivity index (χ4n) is 3.14. The molecular formula is C18H22N2. The van der Waals surface area contributed by atoms with Gasteiger partial charge < -0.3 is 5.73 Å². The normalized spacial score (nSPS) is 16.1. The summed E-state index contributed by atoms with van der Waals surface area (Å²) in [6.07, 6.45) is 8.15. The molecule has 0 amide bonds. The van der Waals surface area contributed by atoms with Gasteiger partial charge in [-0.25, -0.2) is 0 Å². The molecule has 0 spiro atoms. The van der Waals surface area contributed by atoms with Crippen molar-refractivity contribution in [2.45, 2.75) is 44.9 Å². The summed E-state index contributed by atoms with van der Waals surface area (Å²) >= 11 is 0. The molecule has 0 unspecified atom stereocenters. The molecule has 0 saturated carbocycles. The van der Waals surface area contributed by atoms with Gasteiger partial charge >= 0.3 is 0 Å². The zero-order valence-corrected chi connectivity index (χ0v) is 12.3. The highest BCUT2D eigenvalue weighted by Crippen LogP contribution is 2.38. The van der Waals surface area contributed by atoms with E-state index < -0.39 is 0 Å². The number of aromatic nitrogens is 1. The monoisotopic (exact) mass is 266 g/mol. The Hall–Kier alpha value is -1.83. The molecule has 1 heterocycles. The number of nitrogen functional groups attached to an aromatic ring is 1. The van der Waals surface area contributed by atoms with Crippen molar-refractivity contribution in [3.8, 4) is 0 Å². The van der Waals surface area contributed by atoms with Crippen molar-refractivity contribution >= 4 is 5.69 Å². The Morgan fingerprint density at radius 2 is 1.90 bits per heavy atom. The highest BCUT2D eigenvalue weighted by molar-refractivity contribution is 5.42. The maximum atomic E-state index is 5.77. The summed E-state index contributed by atoms with van der Waals surface area (Å²) in [4.78, 5) is 4.15. The molecule has 2 nitrogen and oxygen atoms in total. The van der Waals surface area contributed by atoms with Crippen molar-refractivity contribution in [3.63, 3.8) is 0 Å². The zero-order chi connectivity index (χ0) is 14.2. The zero-order valence-electron chi connectivity index (χ0n) is 12.3. The van der Waals surface area contributed by atoms with Gasteiger partial charge in [0.15, 0.2) is 0 Å². The van der Waals surface area contributed by atoms with Gasteiger partial charge in [0.05, 0.1) is 5.69 Å². The molecule has 20 heavy (non-hydrogen) atoms. The van der Waals surface area contributed by atoms with Crippen molar-refractivity contribution < 1.29 is 0 Å². The van der Waals surface area contributed by atoms with Crippen LogP contribution in [0.5, 0.6) is 0 Å². The summed E-state index contributed by atoms with van der Waals surface area (Å²) in [5.41, 5.74) is 12.6. The molecule has 0 aliphatic heterocycles. The second-order valence-electron chi connectivity index (χ2n) is 6.50. The minimum absolute atomic E-state index is 0.337. The van der Waals surface area contributed by atoms with E-state index in [9.17, 15) is 0 Å². The Bertz CT molecular complexity index is 629. The van der Waals surface area contributed by atoms with E-state index in [2.05, 4.69) is 37.0 Å². The summed E-state index contributed by atoms with van der Waals surface area (Å²) in [6, 6.07) is 9.02. The van der Waals surface area contributed by atoms with Crippen molar-refractivity contribution in [2.24, 2.45) is 0 Å². The van der Waals surface area contributed by atoms with Crippen molar-refractivity contribution in [3.05, 3.63) is 58.9 Å². The number of aryl methyl sites for hydroxylation is 3. The Morgan fingerprint density at radius 1 is 1.10 bits per heavy atom. The third-order valence-corrected chi connectivity index (χ3v) is 4.44. The van der Waals surface area contributed by atoms with E-state index in [0.29, 0.717) is 5.41 Å². The highest BCUT2D eigenvalue weighted by atomic mass is 14.7. The average molecular weight is 266 g/mol. The topological polar surface area (TPSA) is 38.9 Å². The molecule has 0 atom stereocenters. The maximum Gasteiger partial charge on any atom is 0.0503 e. The lowest BCUT2D eigenvalue weighted by atomic mass is 9.85. The van der Waals surface area contributed by atoms with E-state index in [1.807, 2.05) is 12.3 Å². The van der Waals surface area contributed by atoms with Gasteiger partial charge in [-0.3, -0.25) is 4.98 Å². The molecule has 104 valence electrons. The number of hydrogen-bond acceptors (Lipinski definition) is 2. The van der Waals surface area contributed by atoms with Crippen LogP contribution in [0.3, 0.4) is 0 Å². The van der Waals surface area contributed by atoms with Gasteiger partial charge in [0.2, 0.25) is 0 Å². The van der Waals surface area contributed by atoms with Crippen molar-refractivity contribution in [1.29, 1.82) is 0 Å². The largest absolute Gasteiger partial charge is 0.397 e. The summed E-state index contributed by atoms with van der Waals surface area (Å²) in [5.74, 6) is 0. The van der Waals surface area contributed by atoms with Crippen LogP contribution in [0.1, 0.15) is 42.5 Å². The molecule has 0 fully saturated rings. The van der Waals surface area contributed by atoms with Crippen LogP contribution in [-0.4, -0.2) is 4.98 Å². The van der Waals surface area contributed by atoms with E-state index in [1.165, 1.54) is 29.5 Å². The summed E-state index contributed by atoms with van der Waals surface area (Å²) in [7, 11) is 0. The van der Waals surface area contributed by atoms with Crippen LogP contribution in [0, 0.1) is 0 Å². The van der Waals surface area contributed by atoms with Crippen molar-refractivity contribution in [2.75, 3.05) is 5.73 Å². The molecule has 0 radical (unpaired) electrons. The first-order valence-corrected chi connectivity index (χ1v) is 7.36. The van der Waals surface area contributed by atoms with E-state index in [4.69, 9.17) is 5.73 Å². The lowest BCUT2D eigenvalue weighted by Gasteiger charge is -2.19. The number of pyridine rings is 1. The molecule has 1 aromatic carbocycles. The second kappa shape index (κ2) is 4.93. The first kappa shape index (κ1) is 13.2. The summed E-state index contributed by atoms with van der Waals surface area (Å²) < 4.78 is 0. The van der Waals surface area contributed by atoms with Gasteiger partial charge in [-0.05, 0) is 59.4 Å². The Morgan fingerprint density at radius 3 is 2.70 bits per heavy atom. The van der Waals surface area contributed by atoms with Crippen LogP contribution < -0.4 is 5.73 Å². The van der Waals surface area contributed by atoms with E-state index in [0.717, 1.165) is 18.5 Å². The number of fused-ring (bicyclic) bond motifs is 1. The van der Waals surface area contributed by atoms with Gasteiger partial charge in [0.1, 0.15) is 0 Å². The second-order valence-corrected chi connectivity index (χ2v) is 6.50. The number of nitrogens with two attached hydrogens (primary N) is 1. The van der Waals surface area contributed by atoms with Gasteiger partial charge in [-0.1, -0.05) is 32.0 Å².